The van der Waals surface area contributed by atoms with Crippen molar-refractivity contribution < 1.29 is 8.78 Å². The molecule has 0 N–H and O–H groups in total. The third-order valence-electron chi connectivity index (χ3n) is 3.00. The van der Waals surface area contributed by atoms with E-state index in [1.165, 1.54) is 6.20 Å². The molecule has 0 aliphatic heterocycles. The molecule has 0 saturated carbocycles. The van der Waals surface area contributed by atoms with Crippen LogP contribution in [-0.2, 0) is 6.54 Å². The van der Waals surface area contributed by atoms with Crippen molar-refractivity contribution in [3.8, 4) is 6.07 Å². The summed E-state index contributed by atoms with van der Waals surface area (Å²) in [7, 11) is 0. The average Bonchev–Trinajstić information content (AvgIpc) is 2.40. The fourth-order valence-corrected chi connectivity index (χ4v) is 1.98. The van der Waals surface area contributed by atoms with Crippen LogP contribution in [0.2, 0.25) is 0 Å². The summed E-state index contributed by atoms with van der Waals surface area (Å²) < 4.78 is 28.2. The van der Waals surface area contributed by atoms with Crippen LogP contribution in [0, 0.1) is 23.0 Å². The van der Waals surface area contributed by atoms with E-state index in [-0.39, 0.29) is 10.9 Å². The number of hydrogen-bond acceptors (Lipinski definition) is 2. The number of hydrogen-bond donors (Lipinski definition) is 0. The molecule has 0 fully saturated rings. The zero-order valence-electron chi connectivity index (χ0n) is 10.4. The molecule has 0 amide bonds. The number of nitriles is 1. The number of unbranched alkanes of at least 4 members (excludes halogenated alkanes) is 1. The molecule has 1 heterocycles. The highest BCUT2D eigenvalue weighted by atomic mass is 19.2. The normalized spacial score (nSPS) is 10.6. The minimum atomic E-state index is -1.08. The van der Waals surface area contributed by atoms with E-state index in [0.29, 0.717) is 12.1 Å². The van der Waals surface area contributed by atoms with Gasteiger partial charge in [0.25, 0.3) is 0 Å². The molecule has 0 atom stereocenters. The van der Waals surface area contributed by atoms with Crippen molar-refractivity contribution in [2.75, 3.05) is 0 Å². The summed E-state index contributed by atoms with van der Waals surface area (Å²) in [5, 5.41) is 8.96. The van der Waals surface area contributed by atoms with Crippen molar-refractivity contribution in [1.82, 2.24) is 4.57 Å². The lowest BCUT2D eigenvalue weighted by atomic mass is 10.1. The van der Waals surface area contributed by atoms with Gasteiger partial charge in [-0.25, -0.2) is 8.78 Å². The summed E-state index contributed by atoms with van der Waals surface area (Å²) in [4.78, 5) is 11.9. The van der Waals surface area contributed by atoms with Gasteiger partial charge in [0.1, 0.15) is 11.6 Å². The van der Waals surface area contributed by atoms with E-state index in [0.717, 1.165) is 25.0 Å². The van der Waals surface area contributed by atoms with E-state index in [1.807, 2.05) is 6.92 Å². The maximum atomic E-state index is 13.3. The highest BCUT2D eigenvalue weighted by molar-refractivity contribution is 5.80. The maximum absolute atomic E-state index is 13.3. The first-order valence-electron chi connectivity index (χ1n) is 6.00. The van der Waals surface area contributed by atoms with E-state index in [1.54, 1.807) is 10.6 Å². The summed E-state index contributed by atoms with van der Waals surface area (Å²) in [5.41, 5.74) is -0.310. The molecule has 1 aromatic carbocycles. The van der Waals surface area contributed by atoms with Gasteiger partial charge in [-0.1, -0.05) is 13.3 Å². The van der Waals surface area contributed by atoms with E-state index < -0.39 is 17.1 Å². The van der Waals surface area contributed by atoms with Gasteiger partial charge in [0.05, 0.1) is 10.9 Å². The van der Waals surface area contributed by atoms with E-state index in [4.69, 9.17) is 5.26 Å². The SMILES string of the molecule is CCCCn1cc(C#N)c(=O)c2cc(F)c(F)cc21. The van der Waals surface area contributed by atoms with Crippen molar-refractivity contribution in [1.29, 1.82) is 5.26 Å². The van der Waals surface area contributed by atoms with Gasteiger partial charge in [0.15, 0.2) is 11.6 Å². The van der Waals surface area contributed by atoms with E-state index >= 15 is 0 Å². The molecule has 0 unspecified atom stereocenters. The zero-order chi connectivity index (χ0) is 14.0. The summed E-state index contributed by atoms with van der Waals surface area (Å²) in [5.74, 6) is -2.08. The molecule has 0 saturated heterocycles. The summed E-state index contributed by atoms with van der Waals surface area (Å²) >= 11 is 0. The van der Waals surface area contributed by atoms with Crippen LogP contribution in [0.5, 0.6) is 0 Å². The number of fused-ring (bicyclic) bond motifs is 1. The number of aryl methyl sites for hydroxylation is 1. The van der Waals surface area contributed by atoms with Crippen LogP contribution in [0.3, 0.4) is 0 Å². The molecule has 2 aromatic rings. The molecular weight excluding hydrogens is 250 g/mol. The molecule has 0 bridgehead atoms. The number of aromatic nitrogens is 1. The second-order valence-electron chi connectivity index (χ2n) is 4.31. The monoisotopic (exact) mass is 262 g/mol. The first-order chi connectivity index (χ1) is 9.08. The van der Waals surface area contributed by atoms with Crippen LogP contribution in [0.25, 0.3) is 10.9 Å². The number of rotatable bonds is 3. The fraction of sp³-hybridized carbons (Fsp3) is 0.286. The minimum Gasteiger partial charge on any atom is -0.346 e. The van der Waals surface area contributed by atoms with Gasteiger partial charge in [-0.3, -0.25) is 4.79 Å². The van der Waals surface area contributed by atoms with Crippen molar-refractivity contribution >= 4 is 10.9 Å². The Bertz CT molecular complexity index is 729. The van der Waals surface area contributed by atoms with Crippen LogP contribution < -0.4 is 5.43 Å². The molecule has 2 rings (SSSR count). The number of pyridine rings is 1. The Morgan fingerprint density at radius 2 is 2.00 bits per heavy atom. The second kappa shape index (κ2) is 5.19. The Morgan fingerprint density at radius 1 is 1.32 bits per heavy atom. The van der Waals surface area contributed by atoms with Gasteiger partial charge in [0.2, 0.25) is 5.43 Å². The minimum absolute atomic E-state index is 0.0362. The number of nitrogens with zero attached hydrogens (tertiary/aromatic N) is 2. The molecule has 3 nitrogen and oxygen atoms in total. The molecule has 19 heavy (non-hydrogen) atoms. The Labute approximate surface area is 108 Å². The molecular formula is C14H12F2N2O. The van der Waals surface area contributed by atoms with Gasteiger partial charge in [-0.15, -0.1) is 0 Å². The lowest BCUT2D eigenvalue weighted by molar-refractivity contribution is 0.509. The van der Waals surface area contributed by atoms with Crippen molar-refractivity contribution in [3.05, 3.63) is 45.8 Å². The Kier molecular flexibility index (Phi) is 3.61. The van der Waals surface area contributed by atoms with Gasteiger partial charge >= 0.3 is 0 Å². The summed E-state index contributed by atoms with van der Waals surface area (Å²) in [6.45, 7) is 2.54. The Hall–Kier alpha value is -2.22. The Morgan fingerprint density at radius 3 is 2.63 bits per heavy atom. The summed E-state index contributed by atoms with van der Waals surface area (Å²) in [6, 6.07) is 3.65. The number of halogens is 2. The molecule has 0 spiro atoms. The van der Waals surface area contributed by atoms with Crippen LogP contribution in [0.15, 0.2) is 23.1 Å². The van der Waals surface area contributed by atoms with Gasteiger partial charge in [-0.2, -0.15) is 5.26 Å². The van der Waals surface area contributed by atoms with E-state index in [9.17, 15) is 13.6 Å². The smallest absolute Gasteiger partial charge is 0.207 e. The van der Waals surface area contributed by atoms with Crippen LogP contribution in [0.4, 0.5) is 8.78 Å². The highest BCUT2D eigenvalue weighted by Gasteiger charge is 2.12. The van der Waals surface area contributed by atoms with Crippen molar-refractivity contribution in [3.63, 3.8) is 0 Å². The zero-order valence-corrected chi connectivity index (χ0v) is 10.4. The van der Waals surface area contributed by atoms with Gasteiger partial charge in [0, 0.05) is 18.8 Å². The van der Waals surface area contributed by atoms with Crippen molar-refractivity contribution in [2.45, 2.75) is 26.3 Å². The average molecular weight is 262 g/mol. The first-order valence-corrected chi connectivity index (χ1v) is 6.00. The predicted molar refractivity (Wildman–Crippen MR) is 67.7 cm³/mol. The van der Waals surface area contributed by atoms with Gasteiger partial charge < -0.3 is 4.57 Å². The lowest BCUT2D eigenvalue weighted by Gasteiger charge is -2.11. The Balaban J connectivity index is 2.80. The maximum Gasteiger partial charge on any atom is 0.207 e. The van der Waals surface area contributed by atoms with Crippen LogP contribution in [0.1, 0.15) is 25.3 Å². The van der Waals surface area contributed by atoms with Crippen molar-refractivity contribution in [2.24, 2.45) is 0 Å². The largest absolute Gasteiger partial charge is 0.346 e. The van der Waals surface area contributed by atoms with Crippen LogP contribution in [-0.4, -0.2) is 4.57 Å². The van der Waals surface area contributed by atoms with Gasteiger partial charge in [-0.05, 0) is 12.5 Å². The quantitative estimate of drug-likeness (QED) is 0.853. The number of benzene rings is 1. The summed E-state index contributed by atoms with van der Waals surface area (Å²) in [6.07, 6.45) is 3.14. The van der Waals surface area contributed by atoms with Crippen LogP contribution >= 0.6 is 0 Å². The molecule has 1 aromatic heterocycles. The molecule has 0 aliphatic rings. The third kappa shape index (κ3) is 2.34. The topological polar surface area (TPSA) is 45.8 Å². The lowest BCUT2D eigenvalue weighted by Crippen LogP contribution is -2.14. The molecule has 98 valence electrons. The highest BCUT2D eigenvalue weighted by Crippen LogP contribution is 2.17. The predicted octanol–water partition coefficient (Wildman–Crippen LogP) is 2.95. The molecule has 0 aliphatic carbocycles. The standard InChI is InChI=1S/C14H12F2N2O/c1-2-3-4-18-8-9(7-17)14(19)10-5-11(15)12(16)6-13(10)18/h5-6,8H,2-4H2,1H3. The first kappa shape index (κ1) is 13.2. The third-order valence-corrected chi connectivity index (χ3v) is 3.00. The second-order valence-corrected chi connectivity index (χ2v) is 4.31. The fourth-order valence-electron chi connectivity index (χ4n) is 1.98. The molecule has 5 heteroatoms. The molecule has 0 radical (unpaired) electrons. The van der Waals surface area contributed by atoms with E-state index in [2.05, 4.69) is 0 Å².